The zero-order valence-electron chi connectivity index (χ0n) is 13.0. The van der Waals surface area contributed by atoms with Crippen LogP contribution in [0.1, 0.15) is 37.3 Å². The van der Waals surface area contributed by atoms with Crippen molar-refractivity contribution in [3.63, 3.8) is 0 Å². The summed E-state index contributed by atoms with van der Waals surface area (Å²) < 4.78 is 5.61. The van der Waals surface area contributed by atoms with Crippen LogP contribution in [0.15, 0.2) is 11.2 Å². The quantitative estimate of drug-likeness (QED) is 0.784. The minimum Gasteiger partial charge on any atom is -0.506 e. The van der Waals surface area contributed by atoms with Crippen molar-refractivity contribution in [2.45, 2.75) is 38.7 Å². The summed E-state index contributed by atoms with van der Waals surface area (Å²) in [6.07, 6.45) is 1.73. The van der Waals surface area contributed by atoms with E-state index in [9.17, 15) is 15.0 Å². The van der Waals surface area contributed by atoms with Gasteiger partial charge in [-0.25, -0.2) is 5.43 Å². The lowest BCUT2D eigenvalue weighted by Gasteiger charge is -2.22. The Morgan fingerprint density at radius 2 is 2.22 bits per heavy atom. The van der Waals surface area contributed by atoms with Crippen LogP contribution in [0.25, 0.3) is 0 Å². The fourth-order valence-electron chi connectivity index (χ4n) is 2.60. The number of nitrogens with zero attached hydrogens (tertiary/aromatic N) is 1. The third-order valence-corrected chi connectivity index (χ3v) is 4.58. The molecule has 3 N–H and O–H groups in total. The highest BCUT2D eigenvalue weighted by atomic mass is 35.5. The lowest BCUT2D eigenvalue weighted by Crippen LogP contribution is -2.32. The van der Waals surface area contributed by atoms with Crippen molar-refractivity contribution in [2.75, 3.05) is 6.61 Å². The second-order valence-corrected chi connectivity index (χ2v) is 6.76. The van der Waals surface area contributed by atoms with Gasteiger partial charge >= 0.3 is 0 Å². The SMILES string of the molecule is Cc1cc(C2=NNC(=O)CC2C)c(O)c(Cl)c1OCC1(O)CC1. The first kappa shape index (κ1) is 16.1. The summed E-state index contributed by atoms with van der Waals surface area (Å²) in [4.78, 5) is 11.4. The molecule has 1 aliphatic carbocycles. The second kappa shape index (κ2) is 5.69. The Labute approximate surface area is 139 Å². The molecule has 1 aromatic carbocycles. The van der Waals surface area contributed by atoms with Crippen molar-refractivity contribution in [2.24, 2.45) is 11.0 Å². The molecule has 124 valence electrons. The number of phenolic OH excluding ortho intramolecular Hbond substituents is 1. The topological polar surface area (TPSA) is 91.2 Å². The van der Waals surface area contributed by atoms with Crippen molar-refractivity contribution in [3.05, 3.63) is 22.2 Å². The summed E-state index contributed by atoms with van der Waals surface area (Å²) in [6.45, 7) is 3.83. The average Bonchev–Trinajstić information content (AvgIpc) is 3.21. The highest BCUT2D eigenvalue weighted by Gasteiger charge is 2.41. The third kappa shape index (κ3) is 3.14. The Morgan fingerprint density at radius 3 is 2.83 bits per heavy atom. The van der Waals surface area contributed by atoms with Gasteiger partial charge in [-0.1, -0.05) is 18.5 Å². The van der Waals surface area contributed by atoms with E-state index in [2.05, 4.69) is 10.5 Å². The Balaban J connectivity index is 1.92. The first-order valence-electron chi connectivity index (χ1n) is 7.55. The molecule has 1 unspecified atom stereocenters. The predicted octanol–water partition coefficient (Wildman–Crippen LogP) is 2.12. The molecule has 6 nitrogen and oxygen atoms in total. The molecule has 7 heteroatoms. The molecule has 0 radical (unpaired) electrons. The van der Waals surface area contributed by atoms with E-state index in [1.165, 1.54) is 0 Å². The van der Waals surface area contributed by atoms with Crippen LogP contribution in [0.3, 0.4) is 0 Å². The fourth-order valence-corrected chi connectivity index (χ4v) is 2.90. The van der Waals surface area contributed by atoms with Crippen LogP contribution >= 0.6 is 11.6 Å². The molecule has 0 aromatic heterocycles. The number of aliphatic hydroxyl groups is 1. The van der Waals surface area contributed by atoms with E-state index >= 15 is 0 Å². The number of aryl methyl sites for hydroxylation is 1. The smallest absolute Gasteiger partial charge is 0.240 e. The van der Waals surface area contributed by atoms with E-state index in [0.717, 1.165) is 5.56 Å². The molecule has 1 saturated carbocycles. The molecule has 3 rings (SSSR count). The minimum absolute atomic E-state index is 0.0936. The number of aromatic hydroxyl groups is 1. The van der Waals surface area contributed by atoms with Crippen LogP contribution in [0, 0.1) is 12.8 Å². The lowest BCUT2D eigenvalue weighted by atomic mass is 9.92. The van der Waals surface area contributed by atoms with Gasteiger partial charge in [0, 0.05) is 17.9 Å². The van der Waals surface area contributed by atoms with E-state index < -0.39 is 5.60 Å². The van der Waals surface area contributed by atoms with E-state index in [0.29, 0.717) is 36.3 Å². The van der Waals surface area contributed by atoms with Crippen LogP contribution in [-0.4, -0.2) is 34.0 Å². The van der Waals surface area contributed by atoms with Gasteiger partial charge < -0.3 is 14.9 Å². The second-order valence-electron chi connectivity index (χ2n) is 6.38. The van der Waals surface area contributed by atoms with E-state index in [-0.39, 0.29) is 29.2 Å². The average molecular weight is 339 g/mol. The van der Waals surface area contributed by atoms with E-state index in [1.54, 1.807) is 6.07 Å². The molecule has 1 heterocycles. The minimum atomic E-state index is -0.768. The molecular weight excluding hydrogens is 320 g/mol. The largest absolute Gasteiger partial charge is 0.506 e. The monoisotopic (exact) mass is 338 g/mol. The number of amides is 1. The number of hydrogen-bond acceptors (Lipinski definition) is 5. The molecule has 0 spiro atoms. The predicted molar refractivity (Wildman–Crippen MR) is 86.0 cm³/mol. The fraction of sp³-hybridized carbons (Fsp3) is 0.500. The van der Waals surface area contributed by atoms with Crippen LogP contribution < -0.4 is 10.2 Å². The Bertz CT molecular complexity index is 698. The normalized spacial score (nSPS) is 22.3. The van der Waals surface area contributed by atoms with Gasteiger partial charge in [-0.3, -0.25) is 4.79 Å². The number of ether oxygens (including phenoxy) is 1. The first-order valence-corrected chi connectivity index (χ1v) is 7.92. The van der Waals surface area contributed by atoms with Gasteiger partial charge in [-0.15, -0.1) is 0 Å². The highest BCUT2D eigenvalue weighted by molar-refractivity contribution is 6.34. The Kier molecular flexibility index (Phi) is 3.98. The zero-order chi connectivity index (χ0) is 16.8. The molecule has 1 amide bonds. The summed E-state index contributed by atoms with van der Waals surface area (Å²) in [5.41, 5.74) is 3.46. The standard InChI is InChI=1S/C16H19ClN2O4/c1-8-6-11(20)18-19-13(8)10-5-9(2)15(12(17)14(10)21)23-7-16(22)3-4-16/h5,8,21-22H,3-4,6-7H2,1-2H3,(H,18,20). The number of hydrazone groups is 1. The number of rotatable bonds is 4. The van der Waals surface area contributed by atoms with Gasteiger partial charge in [-0.05, 0) is 31.4 Å². The Hall–Kier alpha value is -1.79. The van der Waals surface area contributed by atoms with Crippen LogP contribution in [0.2, 0.25) is 5.02 Å². The highest BCUT2D eigenvalue weighted by Crippen LogP contribution is 2.42. The van der Waals surface area contributed by atoms with Gasteiger partial charge in [-0.2, -0.15) is 5.10 Å². The molecule has 2 aliphatic rings. The van der Waals surface area contributed by atoms with E-state index in [1.807, 2.05) is 13.8 Å². The molecule has 0 bridgehead atoms. The van der Waals surface area contributed by atoms with Crippen LogP contribution in [0.5, 0.6) is 11.5 Å². The molecular formula is C16H19ClN2O4. The molecule has 0 saturated heterocycles. The number of benzene rings is 1. The van der Waals surface area contributed by atoms with Crippen molar-refractivity contribution in [1.29, 1.82) is 0 Å². The Morgan fingerprint density at radius 1 is 1.52 bits per heavy atom. The maximum absolute atomic E-state index is 11.4. The van der Waals surface area contributed by atoms with Gasteiger partial charge in [0.15, 0.2) is 0 Å². The van der Waals surface area contributed by atoms with Crippen molar-refractivity contribution >= 4 is 23.2 Å². The number of carbonyl (C=O) groups is 1. The van der Waals surface area contributed by atoms with Crippen LogP contribution in [-0.2, 0) is 4.79 Å². The number of phenols is 1. The number of hydrogen-bond donors (Lipinski definition) is 3. The number of carbonyl (C=O) groups excluding carboxylic acids is 1. The van der Waals surface area contributed by atoms with E-state index in [4.69, 9.17) is 16.3 Å². The molecule has 1 fully saturated rings. The zero-order valence-corrected chi connectivity index (χ0v) is 13.8. The van der Waals surface area contributed by atoms with Crippen molar-refractivity contribution in [1.82, 2.24) is 5.43 Å². The maximum Gasteiger partial charge on any atom is 0.240 e. The van der Waals surface area contributed by atoms with Gasteiger partial charge in [0.25, 0.3) is 0 Å². The maximum atomic E-state index is 11.4. The molecule has 1 aliphatic heterocycles. The summed E-state index contributed by atoms with van der Waals surface area (Å²) in [5.74, 6) is -0.0385. The summed E-state index contributed by atoms with van der Waals surface area (Å²) in [7, 11) is 0. The number of halogens is 1. The van der Waals surface area contributed by atoms with Gasteiger partial charge in [0.05, 0.1) is 11.3 Å². The first-order chi connectivity index (χ1) is 10.8. The number of nitrogens with one attached hydrogen (secondary N) is 1. The summed E-state index contributed by atoms with van der Waals surface area (Å²) in [5, 5.41) is 24.4. The van der Waals surface area contributed by atoms with Gasteiger partial charge in [0.2, 0.25) is 5.91 Å². The van der Waals surface area contributed by atoms with Crippen molar-refractivity contribution in [3.8, 4) is 11.5 Å². The van der Waals surface area contributed by atoms with Crippen LogP contribution in [0.4, 0.5) is 0 Å². The van der Waals surface area contributed by atoms with Crippen molar-refractivity contribution < 1.29 is 19.7 Å². The molecule has 1 atom stereocenters. The van der Waals surface area contributed by atoms with Gasteiger partial charge in [0.1, 0.15) is 23.1 Å². The molecule has 1 aromatic rings. The lowest BCUT2D eigenvalue weighted by molar-refractivity contribution is -0.121. The molecule has 23 heavy (non-hydrogen) atoms. The summed E-state index contributed by atoms with van der Waals surface area (Å²) in [6, 6.07) is 1.74. The third-order valence-electron chi connectivity index (χ3n) is 4.23. The summed E-state index contributed by atoms with van der Waals surface area (Å²) >= 11 is 6.25.